The first-order chi connectivity index (χ1) is 5.75. The lowest BCUT2D eigenvalue weighted by atomic mass is 10.0. The molecule has 1 N–H and O–H groups in total. The van der Waals surface area contributed by atoms with Gasteiger partial charge in [0.25, 0.3) is 0 Å². The van der Waals surface area contributed by atoms with E-state index in [-0.39, 0.29) is 5.82 Å². The van der Waals surface area contributed by atoms with Gasteiger partial charge in [0.15, 0.2) is 0 Å². The third-order valence-corrected chi connectivity index (χ3v) is 2.08. The van der Waals surface area contributed by atoms with Gasteiger partial charge < -0.3 is 5.32 Å². The summed E-state index contributed by atoms with van der Waals surface area (Å²) >= 11 is 0. The molecule has 0 amide bonds. The van der Waals surface area contributed by atoms with Crippen molar-refractivity contribution >= 4 is 5.69 Å². The Balaban J connectivity index is 2.44. The number of hydrogen-bond acceptors (Lipinski definition) is 1. The van der Waals surface area contributed by atoms with Crippen LogP contribution in [0.15, 0.2) is 30.5 Å². The molecule has 0 aliphatic carbocycles. The van der Waals surface area contributed by atoms with Crippen LogP contribution in [0.1, 0.15) is 12.0 Å². The average Bonchev–Trinajstić information content (AvgIpc) is 2.03. The van der Waals surface area contributed by atoms with Gasteiger partial charge in [-0.1, -0.05) is 12.6 Å². The van der Waals surface area contributed by atoms with Gasteiger partial charge >= 0.3 is 0 Å². The van der Waals surface area contributed by atoms with Gasteiger partial charge in [0, 0.05) is 11.4 Å². The molecule has 0 aromatic heterocycles. The second-order valence-electron chi connectivity index (χ2n) is 3.03. The van der Waals surface area contributed by atoms with Crippen molar-refractivity contribution in [2.75, 3.05) is 5.32 Å². The Morgan fingerprint density at radius 2 is 2.17 bits per heavy atom. The smallest absolute Gasteiger partial charge is 0.125 e. The molecule has 0 saturated heterocycles. The fraction of sp³-hybridized carbons (Fsp3) is 0.200. The van der Waals surface area contributed by atoms with Crippen LogP contribution in [0.3, 0.4) is 0 Å². The Hall–Kier alpha value is -1.31. The number of allylic oxidation sites excluding steroid dienone is 1. The highest BCUT2D eigenvalue weighted by Crippen LogP contribution is 2.26. The molecule has 2 rings (SSSR count). The minimum Gasteiger partial charge on any atom is -0.359 e. The summed E-state index contributed by atoms with van der Waals surface area (Å²) in [5, 5.41) is 3.07. The van der Waals surface area contributed by atoms with Crippen molar-refractivity contribution in [1.29, 1.82) is 0 Å². The van der Waals surface area contributed by atoms with Gasteiger partial charge in [-0.25, -0.2) is 4.39 Å². The van der Waals surface area contributed by atoms with Crippen molar-refractivity contribution in [2.45, 2.75) is 12.8 Å². The first-order valence-corrected chi connectivity index (χ1v) is 3.99. The van der Waals surface area contributed by atoms with Crippen LogP contribution in [0.4, 0.5) is 10.1 Å². The quantitative estimate of drug-likeness (QED) is 0.620. The molecule has 1 aromatic rings. The first kappa shape index (κ1) is 7.35. The summed E-state index contributed by atoms with van der Waals surface area (Å²) in [4.78, 5) is 0. The maximum absolute atomic E-state index is 12.8. The number of anilines is 1. The van der Waals surface area contributed by atoms with Gasteiger partial charge in [0.2, 0.25) is 0 Å². The SMILES string of the molecule is C=C1CCc2ccc(F)cc2N1. The summed E-state index contributed by atoms with van der Waals surface area (Å²) in [5.41, 5.74) is 3.00. The number of rotatable bonds is 0. The normalized spacial score (nSPS) is 15.2. The van der Waals surface area contributed by atoms with Crippen LogP contribution in [0.5, 0.6) is 0 Å². The lowest BCUT2D eigenvalue weighted by molar-refractivity contribution is 0.627. The molecule has 0 spiro atoms. The number of aryl methyl sites for hydroxylation is 1. The minimum atomic E-state index is -0.198. The lowest BCUT2D eigenvalue weighted by Gasteiger charge is -2.19. The summed E-state index contributed by atoms with van der Waals surface area (Å²) < 4.78 is 12.8. The van der Waals surface area contributed by atoms with E-state index < -0.39 is 0 Å². The molecule has 1 aliphatic rings. The predicted molar refractivity (Wildman–Crippen MR) is 47.5 cm³/mol. The summed E-state index contributed by atoms with van der Waals surface area (Å²) in [6, 6.07) is 4.83. The zero-order valence-electron chi connectivity index (χ0n) is 6.73. The largest absolute Gasteiger partial charge is 0.359 e. The molecule has 1 heterocycles. The van der Waals surface area contributed by atoms with E-state index in [1.165, 1.54) is 17.7 Å². The molecular formula is C10H10FN. The van der Waals surface area contributed by atoms with E-state index in [1.54, 1.807) is 0 Å². The predicted octanol–water partition coefficient (Wildman–Crippen LogP) is 2.70. The Morgan fingerprint density at radius 3 is 3.00 bits per heavy atom. The fourth-order valence-electron chi connectivity index (χ4n) is 1.42. The molecule has 0 atom stereocenters. The van der Waals surface area contributed by atoms with Gasteiger partial charge in [-0.2, -0.15) is 0 Å². The molecule has 1 aliphatic heterocycles. The van der Waals surface area contributed by atoms with E-state index in [9.17, 15) is 4.39 Å². The molecule has 1 nitrogen and oxygen atoms in total. The second-order valence-corrected chi connectivity index (χ2v) is 3.03. The molecule has 1 aromatic carbocycles. The van der Waals surface area contributed by atoms with E-state index in [0.29, 0.717) is 0 Å². The highest BCUT2D eigenvalue weighted by atomic mass is 19.1. The number of halogens is 1. The van der Waals surface area contributed by atoms with Crippen LogP contribution >= 0.6 is 0 Å². The summed E-state index contributed by atoms with van der Waals surface area (Å²) in [6.07, 6.45) is 1.90. The molecule has 0 fully saturated rings. The van der Waals surface area contributed by atoms with Crippen LogP contribution in [0.25, 0.3) is 0 Å². The first-order valence-electron chi connectivity index (χ1n) is 3.99. The molecule has 0 radical (unpaired) electrons. The van der Waals surface area contributed by atoms with Gasteiger partial charge in [0.05, 0.1) is 0 Å². The number of nitrogens with one attached hydrogen (secondary N) is 1. The second kappa shape index (κ2) is 2.63. The number of benzene rings is 1. The topological polar surface area (TPSA) is 12.0 Å². The van der Waals surface area contributed by atoms with Crippen LogP contribution in [-0.4, -0.2) is 0 Å². The highest BCUT2D eigenvalue weighted by Gasteiger charge is 2.10. The Morgan fingerprint density at radius 1 is 1.33 bits per heavy atom. The fourth-order valence-corrected chi connectivity index (χ4v) is 1.42. The Bertz CT molecular complexity index is 331. The summed E-state index contributed by atoms with van der Waals surface area (Å²) in [7, 11) is 0. The van der Waals surface area contributed by atoms with Crippen molar-refractivity contribution in [3.05, 3.63) is 41.9 Å². The Kier molecular flexibility index (Phi) is 1.61. The van der Waals surface area contributed by atoms with Crippen molar-refractivity contribution in [1.82, 2.24) is 0 Å². The summed E-state index contributed by atoms with van der Waals surface area (Å²) in [5.74, 6) is -0.198. The maximum atomic E-state index is 12.8. The molecule has 62 valence electrons. The van der Waals surface area contributed by atoms with E-state index in [1.807, 2.05) is 6.07 Å². The lowest BCUT2D eigenvalue weighted by Crippen LogP contribution is -2.08. The Labute approximate surface area is 70.9 Å². The molecule has 0 saturated carbocycles. The van der Waals surface area contributed by atoms with Gasteiger partial charge in [-0.05, 0) is 30.5 Å². The minimum absolute atomic E-state index is 0.198. The standard InChI is InChI=1S/C10H10FN/c1-7-2-3-8-4-5-9(11)6-10(8)12-7/h4-6,12H,1-3H2. The summed E-state index contributed by atoms with van der Waals surface area (Å²) in [6.45, 7) is 3.81. The number of fused-ring (bicyclic) bond motifs is 1. The van der Waals surface area contributed by atoms with Crippen LogP contribution < -0.4 is 5.32 Å². The van der Waals surface area contributed by atoms with Gasteiger partial charge in [-0.15, -0.1) is 0 Å². The third kappa shape index (κ3) is 1.20. The van der Waals surface area contributed by atoms with Crippen molar-refractivity contribution in [3.63, 3.8) is 0 Å². The molecular weight excluding hydrogens is 153 g/mol. The molecule has 12 heavy (non-hydrogen) atoms. The molecule has 0 bridgehead atoms. The maximum Gasteiger partial charge on any atom is 0.125 e. The van der Waals surface area contributed by atoms with E-state index in [0.717, 1.165) is 24.2 Å². The van der Waals surface area contributed by atoms with Crippen molar-refractivity contribution < 1.29 is 4.39 Å². The molecule has 2 heteroatoms. The third-order valence-electron chi connectivity index (χ3n) is 2.08. The highest BCUT2D eigenvalue weighted by molar-refractivity contribution is 5.57. The average molecular weight is 163 g/mol. The van der Waals surface area contributed by atoms with Crippen LogP contribution in [0, 0.1) is 5.82 Å². The van der Waals surface area contributed by atoms with Gasteiger partial charge in [0.1, 0.15) is 5.82 Å². The number of hydrogen-bond donors (Lipinski definition) is 1. The zero-order valence-corrected chi connectivity index (χ0v) is 6.73. The van der Waals surface area contributed by atoms with Crippen molar-refractivity contribution in [2.24, 2.45) is 0 Å². The van der Waals surface area contributed by atoms with Crippen LogP contribution in [0.2, 0.25) is 0 Å². The van der Waals surface area contributed by atoms with Crippen molar-refractivity contribution in [3.8, 4) is 0 Å². The van der Waals surface area contributed by atoms with E-state index in [4.69, 9.17) is 0 Å². The monoisotopic (exact) mass is 163 g/mol. The van der Waals surface area contributed by atoms with Gasteiger partial charge in [-0.3, -0.25) is 0 Å². The van der Waals surface area contributed by atoms with E-state index in [2.05, 4.69) is 11.9 Å². The van der Waals surface area contributed by atoms with Crippen LogP contribution in [-0.2, 0) is 6.42 Å². The molecule has 0 unspecified atom stereocenters. The zero-order chi connectivity index (χ0) is 8.55. The van der Waals surface area contributed by atoms with E-state index >= 15 is 0 Å².